The predicted molar refractivity (Wildman–Crippen MR) is 96.6 cm³/mol. The van der Waals surface area contributed by atoms with Gasteiger partial charge in [0.25, 0.3) is 0 Å². The fourth-order valence-corrected chi connectivity index (χ4v) is 2.83. The Morgan fingerprint density at radius 3 is 2.88 bits per heavy atom. The number of H-pyrrole nitrogens is 1. The van der Waals surface area contributed by atoms with E-state index in [4.69, 9.17) is 0 Å². The van der Waals surface area contributed by atoms with E-state index in [9.17, 15) is 0 Å². The Bertz CT molecular complexity index is 764. The molecule has 8 heteroatoms. The van der Waals surface area contributed by atoms with Gasteiger partial charge in [-0.2, -0.15) is 5.10 Å². The lowest BCUT2D eigenvalue weighted by Crippen LogP contribution is -2.43. The second kappa shape index (κ2) is 6.74. The van der Waals surface area contributed by atoms with Crippen LogP contribution in [0.15, 0.2) is 45.9 Å². The lowest BCUT2D eigenvalue weighted by molar-refractivity contribution is 0.472. The maximum absolute atomic E-state index is 4.43. The molecule has 1 unspecified atom stereocenters. The molecule has 1 aliphatic carbocycles. The van der Waals surface area contributed by atoms with Gasteiger partial charge >= 0.3 is 0 Å². The van der Waals surface area contributed by atoms with Crippen molar-refractivity contribution in [2.75, 3.05) is 5.32 Å². The van der Waals surface area contributed by atoms with Crippen molar-refractivity contribution in [1.29, 1.82) is 0 Å². The Hall–Kier alpha value is -2.19. The van der Waals surface area contributed by atoms with Crippen LogP contribution in [0.25, 0.3) is 0 Å². The van der Waals surface area contributed by atoms with Crippen LogP contribution in [0, 0.1) is 0 Å². The summed E-state index contributed by atoms with van der Waals surface area (Å²) in [7, 11) is 0. The van der Waals surface area contributed by atoms with E-state index >= 15 is 0 Å². The summed E-state index contributed by atoms with van der Waals surface area (Å²) >= 11 is 3.52. The first-order valence-electron chi connectivity index (χ1n) is 7.92. The van der Waals surface area contributed by atoms with E-state index in [0.717, 1.165) is 21.7 Å². The average molecular weight is 388 g/mol. The molecular weight excluding hydrogens is 370 g/mol. The first-order valence-corrected chi connectivity index (χ1v) is 8.71. The minimum absolute atomic E-state index is 0.205. The molecular formula is C16H18BrN7. The van der Waals surface area contributed by atoms with Crippen molar-refractivity contribution in [1.82, 2.24) is 25.8 Å². The molecule has 0 amide bonds. The van der Waals surface area contributed by atoms with Crippen LogP contribution in [-0.2, 0) is 6.54 Å². The van der Waals surface area contributed by atoms with Crippen molar-refractivity contribution in [2.45, 2.75) is 31.6 Å². The fraction of sp³-hybridized carbons (Fsp3) is 0.312. The van der Waals surface area contributed by atoms with Crippen molar-refractivity contribution in [3.8, 4) is 0 Å². The molecule has 4 rings (SSSR count). The number of allylic oxidation sites excluding steroid dienone is 1. The van der Waals surface area contributed by atoms with E-state index in [1.165, 1.54) is 18.5 Å². The smallest absolute Gasteiger partial charge is 0.175 e. The number of hydrogen-bond donors (Lipinski definition) is 4. The second-order valence-corrected chi connectivity index (χ2v) is 6.75. The van der Waals surface area contributed by atoms with Gasteiger partial charge in [-0.05, 0) is 46.5 Å². The molecule has 2 aromatic heterocycles. The summed E-state index contributed by atoms with van der Waals surface area (Å²) in [5.74, 6) is 2.30. The summed E-state index contributed by atoms with van der Waals surface area (Å²) in [4.78, 5) is 8.45. The zero-order chi connectivity index (χ0) is 16.4. The first-order chi connectivity index (χ1) is 11.8. The molecule has 1 atom stereocenters. The summed E-state index contributed by atoms with van der Waals surface area (Å²) < 4.78 is 0.862. The second-order valence-electron chi connectivity index (χ2n) is 5.89. The van der Waals surface area contributed by atoms with Crippen LogP contribution in [-0.4, -0.2) is 27.7 Å². The Morgan fingerprint density at radius 2 is 2.08 bits per heavy atom. The normalized spacial score (nSPS) is 20.1. The summed E-state index contributed by atoms with van der Waals surface area (Å²) in [6.07, 6.45) is 7.65. The monoisotopic (exact) mass is 387 g/mol. The Morgan fingerprint density at radius 1 is 1.25 bits per heavy atom. The Kier molecular flexibility index (Phi) is 4.31. The third-order valence-electron chi connectivity index (χ3n) is 3.97. The number of hydrogen-bond acceptors (Lipinski definition) is 6. The van der Waals surface area contributed by atoms with Crippen molar-refractivity contribution in [2.24, 2.45) is 4.99 Å². The number of aromatic amines is 1. The van der Waals surface area contributed by atoms with E-state index < -0.39 is 0 Å². The van der Waals surface area contributed by atoms with Gasteiger partial charge < -0.3 is 10.6 Å². The number of aromatic nitrogens is 3. The van der Waals surface area contributed by atoms with E-state index in [-0.39, 0.29) is 6.29 Å². The summed E-state index contributed by atoms with van der Waals surface area (Å²) in [6, 6.07) is 6.03. The number of nitrogens with zero attached hydrogens (tertiary/aromatic N) is 3. The fourth-order valence-electron chi connectivity index (χ4n) is 2.49. The predicted octanol–water partition coefficient (Wildman–Crippen LogP) is 2.41. The van der Waals surface area contributed by atoms with Gasteiger partial charge in [-0.1, -0.05) is 0 Å². The van der Waals surface area contributed by atoms with Gasteiger partial charge in [-0.25, -0.2) is 0 Å². The summed E-state index contributed by atoms with van der Waals surface area (Å²) in [5.41, 5.74) is 2.36. The number of halogens is 1. The van der Waals surface area contributed by atoms with Crippen molar-refractivity contribution < 1.29 is 0 Å². The number of rotatable bonds is 6. The average Bonchev–Trinajstić information content (AvgIpc) is 3.36. The molecule has 2 aromatic rings. The van der Waals surface area contributed by atoms with Crippen molar-refractivity contribution in [3.63, 3.8) is 0 Å². The van der Waals surface area contributed by atoms with Crippen LogP contribution in [0.5, 0.6) is 0 Å². The molecule has 24 heavy (non-hydrogen) atoms. The number of aliphatic imine (C=N–C) groups is 1. The maximum atomic E-state index is 4.43. The van der Waals surface area contributed by atoms with Crippen LogP contribution in [0.3, 0.4) is 0 Å². The molecule has 1 saturated carbocycles. The molecule has 124 valence electrons. The lowest BCUT2D eigenvalue weighted by atomic mass is 10.3. The Balaban J connectivity index is 1.36. The molecule has 1 fully saturated rings. The molecule has 4 N–H and O–H groups in total. The molecule has 3 heterocycles. The van der Waals surface area contributed by atoms with Gasteiger partial charge in [0.2, 0.25) is 0 Å². The largest absolute Gasteiger partial charge is 0.337 e. The topological polar surface area (TPSA) is 90.0 Å². The van der Waals surface area contributed by atoms with Crippen LogP contribution < -0.4 is 16.0 Å². The van der Waals surface area contributed by atoms with Crippen LogP contribution in [0.4, 0.5) is 5.82 Å². The van der Waals surface area contributed by atoms with Gasteiger partial charge in [0, 0.05) is 42.8 Å². The first kappa shape index (κ1) is 15.3. The van der Waals surface area contributed by atoms with E-state index in [1.54, 1.807) is 18.6 Å². The maximum Gasteiger partial charge on any atom is 0.175 e. The van der Waals surface area contributed by atoms with Crippen LogP contribution in [0.2, 0.25) is 0 Å². The molecule has 0 bridgehead atoms. The Labute approximate surface area is 148 Å². The highest BCUT2D eigenvalue weighted by Gasteiger charge is 2.26. The molecule has 0 spiro atoms. The molecule has 7 nitrogen and oxygen atoms in total. The third-order valence-corrected chi connectivity index (χ3v) is 4.57. The van der Waals surface area contributed by atoms with Gasteiger partial charge in [0.1, 0.15) is 5.82 Å². The SMILES string of the molecule is BrC1=C(Nc2cc(C3CC3)[nH]n2)NC(NCc2ccncc2)N=C1. The standard InChI is InChI=1S/C16H18BrN7/c17-12-9-20-16(19-8-10-3-5-18-6-4-10)22-15(12)21-14-7-13(23-24-14)11-1-2-11/h3-7,9,11,16,19,22H,1-2,8H2,(H2,21,23,24). The van der Waals surface area contributed by atoms with Gasteiger partial charge in [-0.15, -0.1) is 0 Å². The summed E-state index contributed by atoms with van der Waals surface area (Å²) in [6.45, 7) is 0.705. The van der Waals surface area contributed by atoms with E-state index in [1.807, 2.05) is 12.1 Å². The highest BCUT2D eigenvalue weighted by Crippen LogP contribution is 2.39. The van der Waals surface area contributed by atoms with Gasteiger partial charge in [-0.3, -0.25) is 20.4 Å². The number of pyridine rings is 1. The van der Waals surface area contributed by atoms with Gasteiger partial charge in [0.15, 0.2) is 12.1 Å². The zero-order valence-electron chi connectivity index (χ0n) is 13.0. The number of nitrogens with one attached hydrogen (secondary N) is 4. The minimum atomic E-state index is -0.205. The van der Waals surface area contributed by atoms with Crippen molar-refractivity contribution >= 4 is 28.0 Å². The highest BCUT2D eigenvalue weighted by molar-refractivity contribution is 9.12. The molecule has 0 aromatic carbocycles. The van der Waals surface area contributed by atoms with Gasteiger partial charge in [0.05, 0.1) is 4.48 Å². The minimum Gasteiger partial charge on any atom is -0.337 e. The molecule has 2 aliphatic rings. The van der Waals surface area contributed by atoms with E-state index in [2.05, 4.69) is 58.1 Å². The highest BCUT2D eigenvalue weighted by atomic mass is 79.9. The lowest BCUT2D eigenvalue weighted by Gasteiger charge is -2.23. The number of anilines is 1. The third kappa shape index (κ3) is 3.65. The summed E-state index contributed by atoms with van der Waals surface area (Å²) in [5, 5.41) is 17.4. The van der Waals surface area contributed by atoms with Crippen LogP contribution >= 0.6 is 15.9 Å². The zero-order valence-corrected chi connectivity index (χ0v) is 14.5. The van der Waals surface area contributed by atoms with Crippen molar-refractivity contribution in [3.05, 3.63) is 52.2 Å². The molecule has 1 aliphatic heterocycles. The molecule has 0 radical (unpaired) electrons. The molecule has 0 saturated heterocycles. The van der Waals surface area contributed by atoms with Crippen LogP contribution in [0.1, 0.15) is 30.0 Å². The quantitative estimate of drug-likeness (QED) is 0.610. The van der Waals surface area contributed by atoms with E-state index in [0.29, 0.717) is 12.5 Å².